The van der Waals surface area contributed by atoms with E-state index >= 15 is 0 Å². The van der Waals surface area contributed by atoms with Gasteiger partial charge < -0.3 is 14.6 Å². The van der Waals surface area contributed by atoms with Crippen molar-refractivity contribution >= 4 is 34.3 Å². The van der Waals surface area contributed by atoms with Crippen molar-refractivity contribution in [1.29, 1.82) is 5.26 Å². The molecule has 0 saturated heterocycles. The van der Waals surface area contributed by atoms with Gasteiger partial charge in [-0.05, 0) is 76.9 Å². The Bertz CT molecular complexity index is 1290. The number of thiophene rings is 1. The summed E-state index contributed by atoms with van der Waals surface area (Å²) in [4.78, 5) is 26.3. The molecule has 0 radical (unpaired) electrons. The molecule has 0 aliphatic heterocycles. The fourth-order valence-electron chi connectivity index (χ4n) is 3.66. The zero-order valence-electron chi connectivity index (χ0n) is 19.7. The maximum Gasteiger partial charge on any atom is 0.341 e. The molecule has 2 aromatic heterocycles. The lowest BCUT2D eigenvalue weighted by molar-refractivity contribution is -0.112. The predicted molar refractivity (Wildman–Crippen MR) is 132 cm³/mol. The van der Waals surface area contributed by atoms with Crippen LogP contribution in [-0.2, 0) is 9.53 Å². The molecule has 0 bridgehead atoms. The van der Waals surface area contributed by atoms with E-state index in [-0.39, 0.29) is 12.2 Å². The van der Waals surface area contributed by atoms with Crippen molar-refractivity contribution in [1.82, 2.24) is 4.57 Å². The van der Waals surface area contributed by atoms with E-state index in [0.29, 0.717) is 10.6 Å². The van der Waals surface area contributed by atoms with Crippen LogP contribution >= 0.6 is 11.3 Å². The Morgan fingerprint density at radius 2 is 1.82 bits per heavy atom. The molecule has 6 nitrogen and oxygen atoms in total. The van der Waals surface area contributed by atoms with Gasteiger partial charge >= 0.3 is 5.97 Å². The number of esters is 1. The van der Waals surface area contributed by atoms with Gasteiger partial charge in [-0.3, -0.25) is 4.79 Å². The molecule has 1 amide bonds. The number of nitriles is 1. The number of aryl methyl sites for hydroxylation is 3. The number of nitrogens with zero attached hydrogens (tertiary/aromatic N) is 2. The van der Waals surface area contributed by atoms with E-state index in [1.807, 2.05) is 71.0 Å². The molecule has 0 fully saturated rings. The number of amides is 1. The van der Waals surface area contributed by atoms with Crippen LogP contribution in [0.2, 0.25) is 0 Å². The van der Waals surface area contributed by atoms with Crippen molar-refractivity contribution in [3.8, 4) is 11.8 Å². The molecule has 1 N–H and O–H groups in total. The third-order valence-corrected chi connectivity index (χ3v) is 6.64. The Balaban J connectivity index is 1.94. The predicted octanol–water partition coefficient (Wildman–Crippen LogP) is 5.80. The number of nitrogens with one attached hydrogen (secondary N) is 1. The number of hydrogen-bond donors (Lipinski definition) is 1. The fraction of sp³-hybridized carbons (Fsp3) is 0.269. The molecule has 0 spiro atoms. The van der Waals surface area contributed by atoms with Crippen molar-refractivity contribution in [3.05, 3.63) is 74.4 Å². The minimum Gasteiger partial charge on any atom is -0.462 e. The van der Waals surface area contributed by atoms with E-state index < -0.39 is 11.9 Å². The third-order valence-electron chi connectivity index (χ3n) is 5.52. The second-order valence-electron chi connectivity index (χ2n) is 7.83. The first-order valence-electron chi connectivity index (χ1n) is 10.6. The number of rotatable bonds is 6. The Kier molecular flexibility index (Phi) is 7.19. The summed E-state index contributed by atoms with van der Waals surface area (Å²) in [5.41, 5.74) is 5.94. The van der Waals surface area contributed by atoms with E-state index in [0.717, 1.165) is 33.1 Å². The van der Waals surface area contributed by atoms with E-state index in [9.17, 15) is 14.9 Å². The molecule has 1 aromatic carbocycles. The first-order chi connectivity index (χ1) is 15.7. The van der Waals surface area contributed by atoms with E-state index in [1.54, 1.807) is 13.0 Å². The normalized spacial score (nSPS) is 11.2. The number of ether oxygens (including phenoxy) is 1. The summed E-state index contributed by atoms with van der Waals surface area (Å²) in [6.07, 6.45) is 1.58. The monoisotopic (exact) mass is 461 g/mol. The number of carbonyl (C=O) groups is 2. The quantitative estimate of drug-likeness (QED) is 0.285. The number of benzene rings is 1. The summed E-state index contributed by atoms with van der Waals surface area (Å²) in [5, 5.41) is 12.8. The van der Waals surface area contributed by atoms with Crippen LogP contribution in [0, 0.1) is 45.9 Å². The van der Waals surface area contributed by atoms with Crippen LogP contribution in [0.5, 0.6) is 0 Å². The number of hydrogen-bond acceptors (Lipinski definition) is 5. The van der Waals surface area contributed by atoms with Crippen LogP contribution in [0.15, 0.2) is 35.9 Å². The third kappa shape index (κ3) is 4.91. The number of carbonyl (C=O) groups excluding carboxylic acids is 2. The van der Waals surface area contributed by atoms with Crippen LogP contribution in [0.4, 0.5) is 5.00 Å². The minimum absolute atomic E-state index is 0.0438. The Labute approximate surface area is 198 Å². The number of aromatic nitrogens is 1. The first-order valence-corrected chi connectivity index (χ1v) is 11.5. The van der Waals surface area contributed by atoms with Crippen LogP contribution in [0.1, 0.15) is 50.2 Å². The Morgan fingerprint density at radius 1 is 1.15 bits per heavy atom. The zero-order chi connectivity index (χ0) is 24.3. The van der Waals surface area contributed by atoms with Crippen LogP contribution in [0.25, 0.3) is 11.8 Å². The van der Waals surface area contributed by atoms with Crippen molar-refractivity contribution in [2.75, 3.05) is 11.9 Å². The van der Waals surface area contributed by atoms with Gasteiger partial charge in [0.2, 0.25) is 0 Å². The molecular weight excluding hydrogens is 434 g/mol. The second kappa shape index (κ2) is 9.88. The summed E-state index contributed by atoms with van der Waals surface area (Å²) in [5.74, 6) is -1.05. The molecule has 0 unspecified atom stereocenters. The highest BCUT2D eigenvalue weighted by atomic mass is 32.1. The maximum atomic E-state index is 13.0. The molecule has 7 heteroatoms. The van der Waals surface area contributed by atoms with Gasteiger partial charge in [0.15, 0.2) is 0 Å². The van der Waals surface area contributed by atoms with E-state index in [2.05, 4.69) is 9.88 Å². The molecular formula is C26H27N3O3S. The Morgan fingerprint density at radius 3 is 2.42 bits per heavy atom. The summed E-state index contributed by atoms with van der Waals surface area (Å²) < 4.78 is 7.23. The molecule has 0 saturated carbocycles. The molecule has 0 aliphatic rings. The summed E-state index contributed by atoms with van der Waals surface area (Å²) >= 11 is 1.29. The standard InChI is InChI=1S/C26H27N3O3S/c1-7-32-26(31)23-17(4)19(6)33-25(23)28-24(30)21(14-27)13-20-12-16(3)29(18(20)5)22-10-8-15(2)9-11-22/h8-13H,7H2,1-6H3,(H,28,30)/b21-13+. The Hall–Kier alpha value is -3.63. The second-order valence-corrected chi connectivity index (χ2v) is 9.05. The van der Waals surface area contributed by atoms with Gasteiger partial charge in [0.05, 0.1) is 12.2 Å². The van der Waals surface area contributed by atoms with Crippen molar-refractivity contribution < 1.29 is 14.3 Å². The molecule has 3 rings (SSSR count). The average molecular weight is 462 g/mol. The molecule has 0 aliphatic carbocycles. The van der Waals surface area contributed by atoms with Gasteiger partial charge in [-0.1, -0.05) is 17.7 Å². The van der Waals surface area contributed by atoms with Gasteiger partial charge in [-0.15, -0.1) is 11.3 Å². The highest BCUT2D eigenvalue weighted by molar-refractivity contribution is 7.16. The topological polar surface area (TPSA) is 84.1 Å². The minimum atomic E-state index is -0.565. The lowest BCUT2D eigenvalue weighted by atomic mass is 10.1. The van der Waals surface area contributed by atoms with Gasteiger partial charge in [0.25, 0.3) is 5.91 Å². The van der Waals surface area contributed by atoms with E-state index in [1.165, 1.54) is 16.9 Å². The zero-order valence-corrected chi connectivity index (χ0v) is 20.5. The molecule has 0 atom stereocenters. The van der Waals surface area contributed by atoms with E-state index in [4.69, 9.17) is 4.74 Å². The number of anilines is 1. The fourth-order valence-corrected chi connectivity index (χ4v) is 4.71. The van der Waals surface area contributed by atoms with Crippen LogP contribution < -0.4 is 5.32 Å². The van der Waals surface area contributed by atoms with Crippen molar-refractivity contribution in [2.24, 2.45) is 0 Å². The smallest absolute Gasteiger partial charge is 0.341 e. The SMILES string of the molecule is CCOC(=O)c1c(NC(=O)/C(C#N)=C/c2cc(C)n(-c3ccc(C)cc3)c2C)sc(C)c1C. The lowest BCUT2D eigenvalue weighted by Crippen LogP contribution is -2.16. The van der Waals surface area contributed by atoms with Gasteiger partial charge in [0, 0.05) is 22.0 Å². The average Bonchev–Trinajstić information content (AvgIpc) is 3.21. The van der Waals surface area contributed by atoms with Gasteiger partial charge in [-0.2, -0.15) is 5.26 Å². The maximum absolute atomic E-state index is 13.0. The van der Waals surface area contributed by atoms with Crippen molar-refractivity contribution in [3.63, 3.8) is 0 Å². The van der Waals surface area contributed by atoms with Gasteiger partial charge in [0.1, 0.15) is 16.6 Å². The first kappa shape index (κ1) is 24.0. The highest BCUT2D eigenvalue weighted by Gasteiger charge is 2.23. The molecule has 3 aromatic rings. The lowest BCUT2D eigenvalue weighted by Gasteiger charge is -2.10. The van der Waals surface area contributed by atoms with Crippen LogP contribution in [0.3, 0.4) is 0 Å². The van der Waals surface area contributed by atoms with Crippen molar-refractivity contribution in [2.45, 2.75) is 41.5 Å². The molecule has 33 heavy (non-hydrogen) atoms. The molecule has 2 heterocycles. The summed E-state index contributed by atoms with van der Waals surface area (Å²) in [7, 11) is 0. The largest absolute Gasteiger partial charge is 0.462 e. The molecule has 170 valence electrons. The summed E-state index contributed by atoms with van der Waals surface area (Å²) in [6, 6.07) is 12.1. The summed E-state index contributed by atoms with van der Waals surface area (Å²) in [6.45, 7) is 11.6. The van der Waals surface area contributed by atoms with Gasteiger partial charge in [-0.25, -0.2) is 4.79 Å². The van der Waals surface area contributed by atoms with Crippen LogP contribution in [-0.4, -0.2) is 23.1 Å². The highest BCUT2D eigenvalue weighted by Crippen LogP contribution is 2.33.